The smallest absolute Gasteiger partial charge is 0.259 e. The molecule has 0 radical (unpaired) electrons. The maximum Gasteiger partial charge on any atom is 0.259 e. The van der Waals surface area contributed by atoms with Crippen molar-refractivity contribution in [2.75, 3.05) is 30.9 Å². The van der Waals surface area contributed by atoms with Crippen molar-refractivity contribution < 1.29 is 18.4 Å². The minimum atomic E-state index is -0.792. The van der Waals surface area contributed by atoms with Gasteiger partial charge in [0.1, 0.15) is 12.2 Å². The molecule has 2 amide bonds. The van der Waals surface area contributed by atoms with E-state index >= 15 is 0 Å². The lowest BCUT2D eigenvalue weighted by atomic mass is 10.1. The Hall–Kier alpha value is -3.22. The fourth-order valence-electron chi connectivity index (χ4n) is 2.91. The molecule has 0 saturated heterocycles. The van der Waals surface area contributed by atoms with E-state index in [1.54, 1.807) is 24.3 Å². The topological polar surface area (TPSA) is 52.7 Å². The molecule has 0 atom stereocenters. The molecule has 1 N–H and O–H groups in total. The molecule has 7 heteroatoms. The maximum atomic E-state index is 14.0. The minimum absolute atomic E-state index is 0.0228. The van der Waals surface area contributed by atoms with E-state index in [-0.39, 0.29) is 23.8 Å². The molecule has 2 aromatic rings. The lowest BCUT2D eigenvalue weighted by Gasteiger charge is -2.18. The van der Waals surface area contributed by atoms with Crippen LogP contribution in [0.4, 0.5) is 20.2 Å². The number of carbonyl (C=O) groups is 2. The van der Waals surface area contributed by atoms with E-state index in [4.69, 9.17) is 0 Å². The molecular weight excluding hydrogens is 340 g/mol. The van der Waals surface area contributed by atoms with Gasteiger partial charge in [-0.2, -0.15) is 0 Å². The van der Waals surface area contributed by atoms with E-state index in [2.05, 4.69) is 11.9 Å². The Labute approximate surface area is 149 Å². The van der Waals surface area contributed by atoms with E-state index in [1.165, 1.54) is 23.9 Å². The van der Waals surface area contributed by atoms with Crippen LogP contribution < -0.4 is 10.2 Å². The number of nitrogens with zero attached hydrogens (tertiary/aromatic N) is 2. The van der Waals surface area contributed by atoms with Gasteiger partial charge in [-0.3, -0.25) is 14.5 Å². The van der Waals surface area contributed by atoms with Crippen molar-refractivity contribution in [1.82, 2.24) is 4.90 Å². The predicted molar refractivity (Wildman–Crippen MR) is 95.8 cm³/mol. The number of halogens is 2. The molecule has 0 bridgehead atoms. The lowest BCUT2D eigenvalue weighted by Crippen LogP contribution is -2.32. The first-order valence-corrected chi connectivity index (χ1v) is 7.86. The number of carbonyl (C=O) groups excluding carboxylic acids is 2. The van der Waals surface area contributed by atoms with Gasteiger partial charge >= 0.3 is 0 Å². The zero-order valence-corrected chi connectivity index (χ0v) is 14.3. The summed E-state index contributed by atoms with van der Waals surface area (Å²) >= 11 is 0. The molecule has 3 rings (SSSR count). The summed E-state index contributed by atoms with van der Waals surface area (Å²) in [4.78, 5) is 27.2. The number of fused-ring (bicyclic) bond motifs is 1. The SMILES string of the molecule is C=C1c2ccccc2C(=O)N1CC(=O)Nc1cc(F)c(N(C)C)c(F)c1. The van der Waals surface area contributed by atoms with Gasteiger partial charge in [0, 0.05) is 36.6 Å². The summed E-state index contributed by atoms with van der Waals surface area (Å²) < 4.78 is 28.0. The predicted octanol–water partition coefficient (Wildman–Crippen LogP) is 3.10. The molecule has 0 aliphatic carbocycles. The maximum absolute atomic E-state index is 14.0. The summed E-state index contributed by atoms with van der Waals surface area (Å²) in [6.07, 6.45) is 0. The van der Waals surface area contributed by atoms with Crippen LogP contribution in [0.2, 0.25) is 0 Å². The van der Waals surface area contributed by atoms with Gasteiger partial charge in [-0.1, -0.05) is 24.8 Å². The Morgan fingerprint density at radius 2 is 1.73 bits per heavy atom. The molecule has 134 valence electrons. The highest BCUT2D eigenvalue weighted by Gasteiger charge is 2.31. The van der Waals surface area contributed by atoms with Crippen LogP contribution in [0.3, 0.4) is 0 Å². The average Bonchev–Trinajstić information content (AvgIpc) is 2.79. The van der Waals surface area contributed by atoms with Crippen molar-refractivity contribution in [3.05, 3.63) is 65.7 Å². The highest BCUT2D eigenvalue weighted by Crippen LogP contribution is 2.31. The second-order valence-electron chi connectivity index (χ2n) is 6.11. The van der Waals surface area contributed by atoms with Crippen LogP contribution in [-0.2, 0) is 4.79 Å². The highest BCUT2D eigenvalue weighted by molar-refractivity contribution is 6.11. The van der Waals surface area contributed by atoms with Gasteiger partial charge in [-0.05, 0) is 18.2 Å². The van der Waals surface area contributed by atoms with Gasteiger partial charge in [-0.25, -0.2) is 8.78 Å². The van der Waals surface area contributed by atoms with E-state index in [0.29, 0.717) is 16.8 Å². The van der Waals surface area contributed by atoms with Crippen molar-refractivity contribution in [3.8, 4) is 0 Å². The van der Waals surface area contributed by atoms with E-state index in [9.17, 15) is 18.4 Å². The van der Waals surface area contributed by atoms with E-state index < -0.39 is 17.5 Å². The third-order valence-electron chi connectivity index (χ3n) is 4.09. The molecule has 0 spiro atoms. The number of benzene rings is 2. The summed E-state index contributed by atoms with van der Waals surface area (Å²) in [6, 6.07) is 8.98. The second kappa shape index (κ2) is 6.59. The van der Waals surface area contributed by atoms with Crippen LogP contribution in [0.15, 0.2) is 43.0 Å². The number of hydrogen-bond acceptors (Lipinski definition) is 3. The summed E-state index contributed by atoms with van der Waals surface area (Å²) in [5, 5.41) is 2.41. The van der Waals surface area contributed by atoms with Crippen molar-refractivity contribution in [2.45, 2.75) is 0 Å². The normalized spacial score (nSPS) is 13.0. The Morgan fingerprint density at radius 3 is 2.27 bits per heavy atom. The largest absolute Gasteiger partial charge is 0.373 e. The van der Waals surface area contributed by atoms with Crippen molar-refractivity contribution >= 4 is 28.9 Å². The average molecular weight is 357 g/mol. The Bertz CT molecular complexity index is 867. The molecule has 0 unspecified atom stereocenters. The van der Waals surface area contributed by atoms with Gasteiger partial charge in [0.05, 0.1) is 0 Å². The lowest BCUT2D eigenvalue weighted by molar-refractivity contribution is -0.116. The Kier molecular flexibility index (Phi) is 4.46. The fourth-order valence-corrected chi connectivity index (χ4v) is 2.91. The van der Waals surface area contributed by atoms with Crippen molar-refractivity contribution in [2.24, 2.45) is 0 Å². The molecular formula is C19H17F2N3O2. The third-order valence-corrected chi connectivity index (χ3v) is 4.09. The van der Waals surface area contributed by atoms with Crippen LogP contribution in [0.5, 0.6) is 0 Å². The summed E-state index contributed by atoms with van der Waals surface area (Å²) in [5.41, 5.74) is 1.34. The van der Waals surface area contributed by atoms with E-state index in [1.807, 2.05) is 0 Å². The molecule has 2 aromatic carbocycles. The van der Waals surface area contributed by atoms with Gasteiger partial charge in [0.25, 0.3) is 5.91 Å². The van der Waals surface area contributed by atoms with Gasteiger partial charge in [0.15, 0.2) is 11.6 Å². The first-order chi connectivity index (χ1) is 12.3. The Morgan fingerprint density at radius 1 is 1.15 bits per heavy atom. The number of rotatable bonds is 4. The van der Waals surface area contributed by atoms with Crippen molar-refractivity contribution in [1.29, 1.82) is 0 Å². The summed E-state index contributed by atoms with van der Waals surface area (Å²) in [5.74, 6) is -2.50. The number of anilines is 2. The monoisotopic (exact) mass is 357 g/mol. The third kappa shape index (κ3) is 3.03. The van der Waals surface area contributed by atoms with Crippen molar-refractivity contribution in [3.63, 3.8) is 0 Å². The van der Waals surface area contributed by atoms with Crippen LogP contribution in [0.25, 0.3) is 5.70 Å². The van der Waals surface area contributed by atoms with Crippen LogP contribution in [0, 0.1) is 11.6 Å². The van der Waals surface area contributed by atoms with E-state index in [0.717, 1.165) is 12.1 Å². The first kappa shape index (κ1) is 17.6. The molecule has 0 aromatic heterocycles. The summed E-state index contributed by atoms with van der Waals surface area (Å²) in [7, 11) is 3.03. The quantitative estimate of drug-likeness (QED) is 0.915. The standard InChI is InChI=1S/C19H17F2N3O2/c1-11-13-6-4-5-7-14(13)19(26)24(11)10-17(25)22-12-8-15(20)18(23(2)3)16(21)9-12/h4-9H,1,10H2,2-3H3,(H,22,25). The number of nitrogens with one attached hydrogen (secondary N) is 1. The molecule has 1 aliphatic rings. The highest BCUT2D eigenvalue weighted by atomic mass is 19.1. The fraction of sp³-hybridized carbons (Fsp3) is 0.158. The molecule has 0 fully saturated rings. The van der Waals surface area contributed by atoms with Crippen LogP contribution >= 0.6 is 0 Å². The molecule has 1 heterocycles. The zero-order chi connectivity index (χ0) is 19.0. The van der Waals surface area contributed by atoms with Crippen LogP contribution in [-0.4, -0.2) is 37.4 Å². The Balaban J connectivity index is 1.75. The number of hydrogen-bond donors (Lipinski definition) is 1. The zero-order valence-electron chi connectivity index (χ0n) is 14.3. The molecule has 26 heavy (non-hydrogen) atoms. The van der Waals surface area contributed by atoms with Crippen LogP contribution in [0.1, 0.15) is 15.9 Å². The van der Waals surface area contributed by atoms with Gasteiger partial charge in [-0.15, -0.1) is 0 Å². The van der Waals surface area contributed by atoms with Gasteiger partial charge in [0.2, 0.25) is 5.91 Å². The number of amides is 2. The minimum Gasteiger partial charge on any atom is -0.373 e. The van der Waals surface area contributed by atoms with Gasteiger partial charge < -0.3 is 10.2 Å². The first-order valence-electron chi connectivity index (χ1n) is 7.86. The second-order valence-corrected chi connectivity index (χ2v) is 6.11. The molecule has 5 nitrogen and oxygen atoms in total. The molecule has 0 saturated carbocycles. The molecule has 1 aliphatic heterocycles. The summed E-state index contributed by atoms with van der Waals surface area (Å²) in [6.45, 7) is 3.55.